The molecule has 0 radical (unpaired) electrons. The molecule has 0 bridgehead atoms. The van der Waals surface area contributed by atoms with E-state index in [9.17, 15) is 0 Å². The Morgan fingerprint density at radius 1 is 0.314 bits per heavy atom. The Morgan fingerprint density at radius 2 is 0.765 bits per heavy atom. The lowest BCUT2D eigenvalue weighted by atomic mass is 9.70. The van der Waals surface area contributed by atoms with Crippen LogP contribution in [0.15, 0.2) is 188 Å². The Morgan fingerprint density at radius 3 is 1.41 bits per heavy atom. The first kappa shape index (κ1) is 28.4. The van der Waals surface area contributed by atoms with Gasteiger partial charge in [-0.15, -0.1) is 0 Å². The normalized spacial score (nSPS) is 13.6. The Kier molecular flexibility index (Phi) is 6.00. The van der Waals surface area contributed by atoms with E-state index in [2.05, 4.69) is 193 Å². The number of benzene rings is 8. The summed E-state index contributed by atoms with van der Waals surface area (Å²) in [5.41, 5.74) is 21.7. The number of rotatable bonds is 4. The van der Waals surface area contributed by atoms with Crippen LogP contribution in [0.5, 0.6) is 0 Å². The lowest BCUT2D eigenvalue weighted by molar-refractivity contribution is 0.793. The van der Waals surface area contributed by atoms with E-state index in [0.717, 1.165) is 17.8 Å². The third-order valence-corrected chi connectivity index (χ3v) is 11.5. The summed E-state index contributed by atoms with van der Waals surface area (Å²) in [6.07, 6.45) is 0.955. The van der Waals surface area contributed by atoms with Crippen molar-refractivity contribution in [2.75, 3.05) is 4.90 Å². The van der Waals surface area contributed by atoms with Gasteiger partial charge in [-0.2, -0.15) is 0 Å². The Hall–Kier alpha value is -6.44. The fourth-order valence-electron chi connectivity index (χ4n) is 9.37. The molecular weight excluding hydrogens is 615 g/mol. The monoisotopic (exact) mass is 647 g/mol. The first-order valence-corrected chi connectivity index (χ1v) is 17.9. The second kappa shape index (κ2) is 10.8. The van der Waals surface area contributed by atoms with Crippen LogP contribution in [0.2, 0.25) is 0 Å². The molecule has 0 aromatic heterocycles. The van der Waals surface area contributed by atoms with E-state index < -0.39 is 5.41 Å². The van der Waals surface area contributed by atoms with Crippen molar-refractivity contribution in [1.82, 2.24) is 0 Å². The minimum atomic E-state index is -0.391. The average Bonchev–Trinajstić information content (AvgIpc) is 3.82. The van der Waals surface area contributed by atoms with Crippen LogP contribution in [-0.2, 0) is 11.8 Å². The van der Waals surface area contributed by atoms with Crippen molar-refractivity contribution in [3.05, 3.63) is 221 Å². The molecule has 1 nitrogen and oxygen atoms in total. The van der Waals surface area contributed by atoms with Crippen LogP contribution in [0.3, 0.4) is 0 Å². The van der Waals surface area contributed by atoms with E-state index >= 15 is 0 Å². The Labute approximate surface area is 298 Å². The molecule has 8 aromatic carbocycles. The number of hydrogen-bond donors (Lipinski definition) is 0. The van der Waals surface area contributed by atoms with Gasteiger partial charge in [0.1, 0.15) is 0 Å². The quantitative estimate of drug-likeness (QED) is 0.184. The summed E-state index contributed by atoms with van der Waals surface area (Å²) < 4.78 is 0. The van der Waals surface area contributed by atoms with Crippen LogP contribution < -0.4 is 4.90 Å². The van der Waals surface area contributed by atoms with Crippen molar-refractivity contribution in [2.45, 2.75) is 11.8 Å². The van der Waals surface area contributed by atoms with Gasteiger partial charge in [-0.1, -0.05) is 152 Å². The van der Waals surface area contributed by atoms with Crippen molar-refractivity contribution < 1.29 is 0 Å². The third-order valence-electron chi connectivity index (χ3n) is 11.5. The SMILES string of the molecule is c1ccc(-c2ccc(N(c3ccc4c(c3)Cc3ccccc3-4)c3ccc4c(c3)C3(c5ccccc5-c5ccccc53)c3ccccc3-4)cc2)cc1. The molecule has 0 unspecified atom stereocenters. The highest BCUT2D eigenvalue weighted by molar-refractivity contribution is 5.96. The van der Waals surface area contributed by atoms with Crippen molar-refractivity contribution in [3.63, 3.8) is 0 Å². The van der Waals surface area contributed by atoms with E-state index in [1.165, 1.54) is 83.6 Å². The minimum Gasteiger partial charge on any atom is -0.310 e. The zero-order chi connectivity index (χ0) is 33.5. The summed E-state index contributed by atoms with van der Waals surface area (Å²) in [5, 5.41) is 0. The fraction of sp³-hybridized carbons (Fsp3) is 0.0400. The number of nitrogens with zero attached hydrogens (tertiary/aromatic N) is 1. The number of anilines is 3. The van der Waals surface area contributed by atoms with E-state index in [-0.39, 0.29) is 0 Å². The van der Waals surface area contributed by atoms with Crippen LogP contribution in [-0.4, -0.2) is 0 Å². The van der Waals surface area contributed by atoms with Gasteiger partial charge in [0.15, 0.2) is 0 Å². The van der Waals surface area contributed by atoms with Gasteiger partial charge in [-0.05, 0) is 121 Å². The van der Waals surface area contributed by atoms with Gasteiger partial charge < -0.3 is 4.90 Å². The largest absolute Gasteiger partial charge is 0.310 e. The predicted molar refractivity (Wildman–Crippen MR) is 211 cm³/mol. The van der Waals surface area contributed by atoms with Crippen LogP contribution >= 0.6 is 0 Å². The second-order valence-electron chi connectivity index (χ2n) is 14.0. The maximum atomic E-state index is 2.49. The van der Waals surface area contributed by atoms with Crippen LogP contribution in [0.25, 0.3) is 44.5 Å². The van der Waals surface area contributed by atoms with Crippen molar-refractivity contribution in [1.29, 1.82) is 0 Å². The first-order valence-electron chi connectivity index (χ1n) is 17.9. The smallest absolute Gasteiger partial charge is 0.0726 e. The molecule has 3 aliphatic carbocycles. The number of fused-ring (bicyclic) bond motifs is 13. The molecule has 0 N–H and O–H groups in total. The summed E-state index contributed by atoms with van der Waals surface area (Å²) >= 11 is 0. The zero-order valence-corrected chi connectivity index (χ0v) is 28.1. The van der Waals surface area contributed by atoms with Crippen LogP contribution in [0.4, 0.5) is 17.1 Å². The predicted octanol–water partition coefficient (Wildman–Crippen LogP) is 12.7. The fourth-order valence-corrected chi connectivity index (χ4v) is 9.37. The van der Waals surface area contributed by atoms with E-state index in [0.29, 0.717) is 0 Å². The molecule has 0 saturated heterocycles. The molecule has 0 aliphatic heterocycles. The highest BCUT2D eigenvalue weighted by Crippen LogP contribution is 2.63. The maximum absolute atomic E-state index is 2.49. The van der Waals surface area contributed by atoms with Crippen molar-refractivity contribution >= 4 is 17.1 Å². The lowest BCUT2D eigenvalue weighted by Gasteiger charge is -2.32. The highest BCUT2D eigenvalue weighted by Gasteiger charge is 2.51. The van der Waals surface area contributed by atoms with Gasteiger partial charge in [-0.3, -0.25) is 0 Å². The van der Waals surface area contributed by atoms with Crippen LogP contribution in [0.1, 0.15) is 33.4 Å². The highest BCUT2D eigenvalue weighted by atomic mass is 15.1. The average molecular weight is 648 g/mol. The van der Waals surface area contributed by atoms with Gasteiger partial charge in [0.2, 0.25) is 0 Å². The summed E-state index contributed by atoms with van der Waals surface area (Å²) in [5.74, 6) is 0. The van der Waals surface area contributed by atoms with Crippen LogP contribution in [0, 0.1) is 0 Å². The van der Waals surface area contributed by atoms with Gasteiger partial charge in [-0.25, -0.2) is 0 Å². The maximum Gasteiger partial charge on any atom is 0.0726 e. The minimum absolute atomic E-state index is 0.391. The molecule has 0 atom stereocenters. The molecule has 3 aliphatic rings. The van der Waals surface area contributed by atoms with Gasteiger partial charge >= 0.3 is 0 Å². The van der Waals surface area contributed by atoms with E-state index in [1.54, 1.807) is 0 Å². The Bertz CT molecular complexity index is 2600. The zero-order valence-electron chi connectivity index (χ0n) is 28.1. The lowest BCUT2D eigenvalue weighted by Crippen LogP contribution is -2.26. The molecule has 0 amide bonds. The summed E-state index contributed by atoms with van der Waals surface area (Å²) in [7, 11) is 0. The topological polar surface area (TPSA) is 3.24 Å². The Balaban J connectivity index is 1.14. The summed E-state index contributed by atoms with van der Waals surface area (Å²) in [4.78, 5) is 2.46. The third kappa shape index (κ3) is 3.98. The summed E-state index contributed by atoms with van der Waals surface area (Å²) in [6.45, 7) is 0. The molecule has 1 spiro atoms. The second-order valence-corrected chi connectivity index (χ2v) is 14.0. The van der Waals surface area contributed by atoms with E-state index in [1.807, 2.05) is 0 Å². The van der Waals surface area contributed by atoms with Gasteiger partial charge in [0, 0.05) is 17.1 Å². The molecule has 0 heterocycles. The molecule has 0 saturated carbocycles. The number of hydrogen-bond acceptors (Lipinski definition) is 1. The molecule has 11 rings (SSSR count). The molecule has 1 heteroatoms. The van der Waals surface area contributed by atoms with Crippen molar-refractivity contribution in [2.24, 2.45) is 0 Å². The molecule has 238 valence electrons. The van der Waals surface area contributed by atoms with Crippen molar-refractivity contribution in [3.8, 4) is 44.5 Å². The molecule has 8 aromatic rings. The molecular formula is C50H33N. The summed E-state index contributed by atoms with van der Waals surface area (Å²) in [6, 6.07) is 70.0. The van der Waals surface area contributed by atoms with Gasteiger partial charge in [0.25, 0.3) is 0 Å². The first-order chi connectivity index (χ1) is 25.3. The standard InChI is InChI=1S/C50H33N/c1-2-12-33(13-3-1)34-22-24-37(25-23-34)51(38-26-28-41-36(31-38)30-35-14-4-5-15-40(35)41)39-27-29-45-44-18-8-11-21-48(44)50(49(45)32-39)46-19-9-6-16-42(46)43-17-7-10-20-47(43)50/h1-29,31-32H,30H2. The van der Waals surface area contributed by atoms with E-state index in [4.69, 9.17) is 0 Å². The van der Waals surface area contributed by atoms with Gasteiger partial charge in [0.05, 0.1) is 5.41 Å². The molecule has 0 fully saturated rings. The molecule has 51 heavy (non-hydrogen) atoms.